The fourth-order valence-corrected chi connectivity index (χ4v) is 12.5. The van der Waals surface area contributed by atoms with Crippen LogP contribution in [0.2, 0.25) is 0 Å². The van der Waals surface area contributed by atoms with E-state index in [0.29, 0.717) is 25.8 Å². The first-order valence-corrected chi connectivity index (χ1v) is 33.0. The van der Waals surface area contributed by atoms with Crippen LogP contribution in [-0.2, 0) is 79.6 Å². The van der Waals surface area contributed by atoms with Crippen LogP contribution in [0.5, 0.6) is 0 Å². The number of carboxylic acid groups (broad SMARTS) is 1. The Kier molecular flexibility index (Phi) is 39.6. The molecule has 0 bridgehead atoms. The molecule has 0 aliphatic carbocycles. The van der Waals surface area contributed by atoms with E-state index in [0.717, 1.165) is 49.8 Å². The van der Waals surface area contributed by atoms with Crippen LogP contribution in [0.25, 0.3) is 0 Å². The average Bonchev–Trinajstić information content (AvgIpc) is 1.56. The zero-order chi connectivity index (χ0) is 68.8. The topological polar surface area (TPSA) is 246 Å². The van der Waals surface area contributed by atoms with E-state index in [4.69, 9.17) is 33.5 Å². The van der Waals surface area contributed by atoms with Gasteiger partial charge >= 0.3 is 17.9 Å². The van der Waals surface area contributed by atoms with Gasteiger partial charge in [-0.3, -0.25) is 33.6 Å². The molecule has 20 nitrogen and oxygen atoms in total. The summed E-state index contributed by atoms with van der Waals surface area (Å²) in [5.74, 6) is -2.98. The minimum Gasteiger partial charge on any atom is -0.481 e. The molecule has 2 heterocycles. The molecule has 2 aliphatic heterocycles. The number of hydrogen-bond acceptors (Lipinski definition) is 15. The van der Waals surface area contributed by atoms with Crippen molar-refractivity contribution in [2.24, 2.45) is 53.3 Å². The lowest BCUT2D eigenvalue weighted by Gasteiger charge is -2.40. The number of methoxy groups -OCH3 is 6. The van der Waals surface area contributed by atoms with E-state index in [9.17, 15) is 38.4 Å². The number of rotatable bonds is 35. The minimum absolute atomic E-state index is 0. The molecule has 92 heavy (non-hydrogen) atoms. The minimum atomic E-state index is -0.909. The van der Waals surface area contributed by atoms with Gasteiger partial charge in [-0.05, 0) is 73.4 Å². The summed E-state index contributed by atoms with van der Waals surface area (Å²) in [7, 11) is 12.5. The normalized spacial score (nSPS) is 19.1. The monoisotopic (exact) mass is 1300 g/mol. The maximum atomic E-state index is 13.9. The number of carbonyl (C=O) groups excluding carboxylic acids is 7. The van der Waals surface area contributed by atoms with Crippen LogP contribution < -0.4 is 10.6 Å². The van der Waals surface area contributed by atoms with Gasteiger partial charge in [-0.1, -0.05) is 164 Å². The summed E-state index contributed by atoms with van der Waals surface area (Å²) in [6.07, 6.45) is 4.50. The second-order valence-corrected chi connectivity index (χ2v) is 25.9. The van der Waals surface area contributed by atoms with Crippen molar-refractivity contribution >= 4 is 47.3 Å². The molecule has 0 unspecified atom stereocenters. The van der Waals surface area contributed by atoms with Crippen molar-refractivity contribution in [3.8, 4) is 0 Å². The average molecular weight is 1300 g/mol. The van der Waals surface area contributed by atoms with Crippen LogP contribution in [0.1, 0.15) is 159 Å². The first kappa shape index (κ1) is 84.2. The molecule has 3 N–H and O–H groups in total. The summed E-state index contributed by atoms with van der Waals surface area (Å²) in [5, 5.41) is 15.3. The van der Waals surface area contributed by atoms with Crippen molar-refractivity contribution in [2.75, 3.05) is 69.8 Å². The molecule has 524 valence electrons. The standard InChI is InChI=1S/C35H57N3O7.C20H29NO4.C16H31NO4.CH4/c1-11-23(4)31(37(7)34(41)24(5)22(2)3)29(43-8)21-30(39)38-19-15-18-28(38)32(44-9)25(6)33(40)36-27(35(42)45-10)20-26-16-13-12-14-17-26;1-14(19(24-2)17-10-7-11-21-17)18(22)13-16(20(23)25-3)12-15-8-5-4-6-9-15;1-8-11(4)15(13(21-7)9-14(18)19)17(6)16(20)12(5)10(2)3;/h12-14,16-17,22-25,27-29,31-32H,11,15,18-21H2,1-10H3,(H,36,40);4-6,8-9,14,16-17,19,21H,7,10-13H2,1-3H3;10-13,15H,8-9H2,1-7H3,(H,18,19);1H4/t23-,24-,25+,27-,28-,29+,31-,32+;14-,16+,17-,19+;11-,12-,13+,15-;/m000./s1. The van der Waals surface area contributed by atoms with E-state index in [1.165, 1.54) is 21.3 Å². The Hall–Kier alpha value is -5.80. The molecule has 2 aliphatic rings. The highest BCUT2D eigenvalue weighted by Crippen LogP contribution is 2.31. The number of nitrogens with one attached hydrogen (secondary N) is 2. The van der Waals surface area contributed by atoms with Gasteiger partial charge in [-0.15, -0.1) is 0 Å². The Morgan fingerprint density at radius 3 is 1.46 bits per heavy atom. The van der Waals surface area contributed by atoms with Crippen molar-refractivity contribution in [1.82, 2.24) is 25.3 Å². The molecule has 4 rings (SSSR count). The van der Waals surface area contributed by atoms with Gasteiger partial charge in [-0.25, -0.2) is 4.79 Å². The zero-order valence-corrected chi connectivity index (χ0v) is 58.9. The summed E-state index contributed by atoms with van der Waals surface area (Å²) in [6.45, 7) is 25.3. The molecule has 2 aromatic carbocycles. The second kappa shape index (κ2) is 43.2. The lowest BCUT2D eigenvalue weighted by atomic mass is 9.86. The Balaban J connectivity index is 0.000000758. The summed E-state index contributed by atoms with van der Waals surface area (Å²) < 4.78 is 32.7. The largest absolute Gasteiger partial charge is 0.481 e. The van der Waals surface area contributed by atoms with Crippen molar-refractivity contribution in [2.45, 2.75) is 216 Å². The fourth-order valence-electron chi connectivity index (χ4n) is 12.5. The summed E-state index contributed by atoms with van der Waals surface area (Å²) in [6, 6.07) is 17.7. The Morgan fingerprint density at radius 1 is 0.587 bits per heavy atom. The lowest BCUT2D eigenvalue weighted by Crippen LogP contribution is -2.54. The number of aliphatic carboxylic acids is 1. The smallest absolute Gasteiger partial charge is 0.328 e. The van der Waals surface area contributed by atoms with E-state index >= 15 is 0 Å². The highest BCUT2D eigenvalue weighted by molar-refractivity contribution is 5.87. The SMILES string of the molecule is C.CC[C@H](C)[C@@H]([C@@H](CC(=O)N1CCC[C@H]1[C@H](OC)[C@@H](C)C(=O)N[C@@H](Cc1ccccc1)C(=O)OC)OC)N(C)C(=O)[C@@H](C)C(C)C.CC[C@H](C)[C@@H]([C@@H](CC(=O)O)OC)N(C)C(=O)[C@@H](C)C(C)C.COC(=O)[C@@H](CC(=O)[C@H](C)[C@@H](OC)[C@@H]1CCCN1)Cc1ccccc1. The molecule has 0 saturated carbocycles. The number of likely N-dealkylation sites (N-methyl/N-ethyl adjacent to an activating group) is 2. The van der Waals surface area contributed by atoms with Crippen molar-refractivity contribution in [3.05, 3.63) is 71.8 Å². The summed E-state index contributed by atoms with van der Waals surface area (Å²) in [4.78, 5) is 107. The van der Waals surface area contributed by atoms with Crippen LogP contribution in [-0.4, -0.2) is 192 Å². The van der Waals surface area contributed by atoms with Gasteiger partial charge < -0.3 is 58.9 Å². The number of carboxylic acids is 1. The Labute approximate surface area is 553 Å². The maximum Gasteiger partial charge on any atom is 0.328 e. The first-order valence-electron chi connectivity index (χ1n) is 33.0. The van der Waals surface area contributed by atoms with E-state index in [1.54, 1.807) is 50.0 Å². The van der Waals surface area contributed by atoms with Gasteiger partial charge in [0.2, 0.25) is 23.6 Å². The van der Waals surface area contributed by atoms with Crippen LogP contribution >= 0.6 is 0 Å². The number of esters is 2. The number of likely N-dealkylation sites (tertiary alicyclic amines) is 1. The Morgan fingerprint density at radius 2 is 1.05 bits per heavy atom. The van der Waals surface area contributed by atoms with Gasteiger partial charge in [-0.2, -0.15) is 0 Å². The van der Waals surface area contributed by atoms with Crippen LogP contribution in [0.4, 0.5) is 0 Å². The van der Waals surface area contributed by atoms with Crippen molar-refractivity contribution in [1.29, 1.82) is 0 Å². The second-order valence-electron chi connectivity index (χ2n) is 25.9. The molecule has 4 amide bonds. The lowest BCUT2D eigenvalue weighted by molar-refractivity contribution is -0.149. The predicted octanol–water partition coefficient (Wildman–Crippen LogP) is 9.76. The quantitative estimate of drug-likeness (QED) is 0.0544. The van der Waals surface area contributed by atoms with E-state index in [1.807, 2.05) is 130 Å². The molecule has 0 radical (unpaired) electrons. The number of benzene rings is 2. The summed E-state index contributed by atoms with van der Waals surface area (Å²) in [5.41, 5.74) is 1.92. The summed E-state index contributed by atoms with van der Waals surface area (Å²) >= 11 is 0. The number of Topliss-reactive ketones (excluding diaryl/α,β-unsaturated/α-hetero) is 1. The number of carbonyl (C=O) groups is 8. The third-order valence-electron chi connectivity index (χ3n) is 19.3. The molecule has 2 saturated heterocycles. The number of nitrogens with zero attached hydrogens (tertiary/aromatic N) is 3. The maximum absolute atomic E-state index is 13.9. The number of ketones is 1. The molecule has 0 spiro atoms. The molecule has 0 aromatic heterocycles. The highest BCUT2D eigenvalue weighted by atomic mass is 16.5. The zero-order valence-electron chi connectivity index (χ0n) is 58.9. The highest BCUT2D eigenvalue weighted by Gasteiger charge is 2.44. The number of hydrogen-bond donors (Lipinski definition) is 3. The van der Waals surface area contributed by atoms with Gasteiger partial charge in [0, 0.05) is 85.7 Å². The predicted molar refractivity (Wildman–Crippen MR) is 360 cm³/mol. The van der Waals surface area contributed by atoms with Gasteiger partial charge in [0.1, 0.15) is 11.8 Å². The van der Waals surface area contributed by atoms with Gasteiger partial charge in [0.15, 0.2) is 0 Å². The number of ether oxygens (including phenoxy) is 6. The van der Waals surface area contributed by atoms with Crippen LogP contribution in [0.3, 0.4) is 0 Å². The van der Waals surface area contributed by atoms with Crippen LogP contribution in [0.15, 0.2) is 60.7 Å². The van der Waals surface area contributed by atoms with Crippen molar-refractivity contribution < 1.29 is 71.9 Å². The third kappa shape index (κ3) is 25.5. The molecule has 16 atom stereocenters. The first-order chi connectivity index (χ1) is 43.0. The number of amides is 4. The molecular formula is C72H121N5O15. The van der Waals surface area contributed by atoms with Crippen LogP contribution in [0, 0.1) is 53.3 Å². The molecule has 2 fully saturated rings. The Bertz CT molecular complexity index is 2500. The van der Waals surface area contributed by atoms with Gasteiger partial charge in [0.05, 0.1) is 81.4 Å². The van der Waals surface area contributed by atoms with Gasteiger partial charge in [0.25, 0.3) is 0 Å². The van der Waals surface area contributed by atoms with E-state index < -0.39 is 48.1 Å². The van der Waals surface area contributed by atoms with E-state index in [-0.39, 0.29) is 134 Å². The van der Waals surface area contributed by atoms with Crippen molar-refractivity contribution in [3.63, 3.8) is 0 Å². The van der Waals surface area contributed by atoms with E-state index in [2.05, 4.69) is 24.5 Å². The molecule has 2 aromatic rings. The third-order valence-corrected chi connectivity index (χ3v) is 19.3. The fraction of sp³-hybridized carbons (Fsp3) is 0.722. The molecule has 20 heteroatoms. The molecular weight excluding hydrogens is 1170 g/mol.